The van der Waals surface area contributed by atoms with Crippen molar-refractivity contribution in [3.05, 3.63) is 46.0 Å². The van der Waals surface area contributed by atoms with E-state index < -0.39 is 0 Å². The van der Waals surface area contributed by atoms with E-state index in [2.05, 4.69) is 51.2 Å². The van der Waals surface area contributed by atoms with Crippen LogP contribution in [0.1, 0.15) is 36.2 Å². The SMILES string of the molecule is CCCNC(c1cncc(C)c1)c1c(Br)cnn1C. The van der Waals surface area contributed by atoms with E-state index in [0.29, 0.717) is 0 Å². The largest absolute Gasteiger partial charge is 0.305 e. The standard InChI is InChI=1S/C14H19BrN4/c1-4-5-17-13(11-6-10(2)7-16-8-11)14-12(15)9-18-19(14)3/h6-9,13,17H,4-5H2,1-3H3. The van der Waals surface area contributed by atoms with Crippen LogP contribution in [0.15, 0.2) is 29.1 Å². The fourth-order valence-corrected chi connectivity index (χ4v) is 2.72. The van der Waals surface area contributed by atoms with Gasteiger partial charge >= 0.3 is 0 Å². The predicted molar refractivity (Wildman–Crippen MR) is 80.0 cm³/mol. The number of halogens is 1. The molecule has 102 valence electrons. The molecule has 5 heteroatoms. The zero-order valence-electron chi connectivity index (χ0n) is 11.5. The van der Waals surface area contributed by atoms with Gasteiger partial charge in [-0.3, -0.25) is 9.67 Å². The highest BCUT2D eigenvalue weighted by Crippen LogP contribution is 2.28. The Bertz CT molecular complexity index is 531. The molecule has 0 amide bonds. The van der Waals surface area contributed by atoms with Crippen LogP contribution in [0, 0.1) is 6.92 Å². The molecular formula is C14H19BrN4. The van der Waals surface area contributed by atoms with Crippen molar-refractivity contribution in [3.63, 3.8) is 0 Å². The molecule has 4 nitrogen and oxygen atoms in total. The Morgan fingerprint density at radius 3 is 2.74 bits per heavy atom. The molecule has 19 heavy (non-hydrogen) atoms. The summed E-state index contributed by atoms with van der Waals surface area (Å²) in [6.45, 7) is 5.18. The summed E-state index contributed by atoms with van der Waals surface area (Å²) >= 11 is 3.58. The molecule has 1 N–H and O–H groups in total. The lowest BCUT2D eigenvalue weighted by molar-refractivity contribution is 0.550. The van der Waals surface area contributed by atoms with Gasteiger partial charge in [0.2, 0.25) is 0 Å². The molecule has 2 aromatic heterocycles. The number of pyridine rings is 1. The summed E-state index contributed by atoms with van der Waals surface area (Å²) in [6, 6.07) is 2.27. The molecule has 0 aromatic carbocycles. The van der Waals surface area contributed by atoms with E-state index in [4.69, 9.17) is 0 Å². The van der Waals surface area contributed by atoms with Crippen molar-refractivity contribution in [3.8, 4) is 0 Å². The summed E-state index contributed by atoms with van der Waals surface area (Å²) in [7, 11) is 1.96. The molecule has 0 fully saturated rings. The molecule has 0 radical (unpaired) electrons. The quantitative estimate of drug-likeness (QED) is 0.920. The number of aromatic nitrogens is 3. The van der Waals surface area contributed by atoms with Crippen LogP contribution in [0.5, 0.6) is 0 Å². The molecule has 1 unspecified atom stereocenters. The molecule has 0 aliphatic carbocycles. The Kier molecular flexibility index (Phi) is 4.71. The molecule has 2 heterocycles. The van der Waals surface area contributed by atoms with Crippen molar-refractivity contribution in [2.45, 2.75) is 26.3 Å². The second kappa shape index (κ2) is 6.30. The van der Waals surface area contributed by atoms with Crippen LogP contribution in [-0.4, -0.2) is 21.3 Å². The number of rotatable bonds is 5. The first-order valence-corrected chi connectivity index (χ1v) is 7.25. The topological polar surface area (TPSA) is 42.7 Å². The summed E-state index contributed by atoms with van der Waals surface area (Å²) < 4.78 is 2.92. The molecule has 0 saturated heterocycles. The Labute approximate surface area is 122 Å². The Morgan fingerprint density at radius 1 is 1.37 bits per heavy atom. The first kappa shape index (κ1) is 14.2. The highest BCUT2D eigenvalue weighted by molar-refractivity contribution is 9.10. The van der Waals surface area contributed by atoms with Crippen molar-refractivity contribution >= 4 is 15.9 Å². The van der Waals surface area contributed by atoms with E-state index >= 15 is 0 Å². The highest BCUT2D eigenvalue weighted by atomic mass is 79.9. The molecule has 2 aromatic rings. The van der Waals surface area contributed by atoms with Crippen molar-refractivity contribution in [2.75, 3.05) is 6.54 Å². The van der Waals surface area contributed by atoms with E-state index in [9.17, 15) is 0 Å². The van der Waals surface area contributed by atoms with Gasteiger partial charge in [-0.2, -0.15) is 5.10 Å². The third-order valence-electron chi connectivity index (χ3n) is 3.04. The lowest BCUT2D eigenvalue weighted by atomic mass is 10.0. The number of hydrogen-bond acceptors (Lipinski definition) is 3. The summed E-state index contributed by atoms with van der Waals surface area (Å²) in [4.78, 5) is 4.30. The molecule has 1 atom stereocenters. The fourth-order valence-electron chi connectivity index (χ4n) is 2.14. The van der Waals surface area contributed by atoms with Gasteiger partial charge in [-0.05, 0) is 46.9 Å². The van der Waals surface area contributed by atoms with Gasteiger partial charge in [-0.25, -0.2) is 0 Å². The Balaban J connectivity index is 2.41. The minimum atomic E-state index is 0.106. The van der Waals surface area contributed by atoms with Crippen LogP contribution in [0.3, 0.4) is 0 Å². The summed E-state index contributed by atoms with van der Waals surface area (Å²) in [5.41, 5.74) is 3.46. The van der Waals surface area contributed by atoms with Gasteiger partial charge in [0.15, 0.2) is 0 Å². The van der Waals surface area contributed by atoms with Gasteiger partial charge in [0.25, 0.3) is 0 Å². The second-order valence-electron chi connectivity index (χ2n) is 4.68. The van der Waals surface area contributed by atoms with Crippen LogP contribution < -0.4 is 5.32 Å². The zero-order chi connectivity index (χ0) is 13.8. The van der Waals surface area contributed by atoms with Gasteiger partial charge in [-0.15, -0.1) is 0 Å². The fraction of sp³-hybridized carbons (Fsp3) is 0.429. The smallest absolute Gasteiger partial charge is 0.0774 e. The lowest BCUT2D eigenvalue weighted by Crippen LogP contribution is -2.25. The van der Waals surface area contributed by atoms with Gasteiger partial charge in [-0.1, -0.05) is 13.0 Å². The average Bonchev–Trinajstić information content (AvgIpc) is 2.71. The molecule has 0 aliphatic heterocycles. The van der Waals surface area contributed by atoms with Crippen LogP contribution >= 0.6 is 15.9 Å². The van der Waals surface area contributed by atoms with E-state index in [1.807, 2.05) is 30.3 Å². The minimum Gasteiger partial charge on any atom is -0.305 e. The summed E-state index contributed by atoms with van der Waals surface area (Å²) in [5.74, 6) is 0. The summed E-state index contributed by atoms with van der Waals surface area (Å²) in [5, 5.41) is 7.87. The van der Waals surface area contributed by atoms with Crippen LogP contribution in [0.2, 0.25) is 0 Å². The number of nitrogens with one attached hydrogen (secondary N) is 1. The molecule has 0 saturated carbocycles. The molecule has 2 rings (SSSR count). The van der Waals surface area contributed by atoms with E-state index in [1.165, 1.54) is 5.56 Å². The maximum atomic E-state index is 4.30. The van der Waals surface area contributed by atoms with Gasteiger partial charge in [0, 0.05) is 19.4 Å². The molecular weight excluding hydrogens is 304 g/mol. The third-order valence-corrected chi connectivity index (χ3v) is 3.65. The second-order valence-corrected chi connectivity index (χ2v) is 5.54. The monoisotopic (exact) mass is 322 g/mol. The van der Waals surface area contributed by atoms with Crippen LogP contribution in [0.4, 0.5) is 0 Å². The van der Waals surface area contributed by atoms with Crippen molar-refractivity contribution < 1.29 is 0 Å². The number of hydrogen-bond donors (Lipinski definition) is 1. The molecule has 0 aliphatic rings. The zero-order valence-corrected chi connectivity index (χ0v) is 13.1. The number of nitrogens with zero attached hydrogens (tertiary/aromatic N) is 3. The lowest BCUT2D eigenvalue weighted by Gasteiger charge is -2.20. The van der Waals surface area contributed by atoms with E-state index in [0.717, 1.165) is 28.7 Å². The Morgan fingerprint density at radius 2 is 2.16 bits per heavy atom. The van der Waals surface area contributed by atoms with Gasteiger partial charge in [0.05, 0.1) is 22.4 Å². The van der Waals surface area contributed by atoms with Crippen molar-refractivity contribution in [1.82, 2.24) is 20.1 Å². The van der Waals surface area contributed by atoms with Crippen molar-refractivity contribution in [2.24, 2.45) is 7.05 Å². The first-order valence-electron chi connectivity index (χ1n) is 6.45. The Hall–Kier alpha value is -1.20. The number of aryl methyl sites for hydroxylation is 2. The predicted octanol–water partition coefficient (Wildman–Crippen LogP) is 2.98. The molecule has 0 bridgehead atoms. The third kappa shape index (κ3) is 3.22. The normalized spacial score (nSPS) is 12.6. The minimum absolute atomic E-state index is 0.106. The maximum Gasteiger partial charge on any atom is 0.0774 e. The van der Waals surface area contributed by atoms with Gasteiger partial charge in [0.1, 0.15) is 0 Å². The van der Waals surface area contributed by atoms with E-state index in [1.54, 1.807) is 0 Å². The van der Waals surface area contributed by atoms with Crippen molar-refractivity contribution in [1.29, 1.82) is 0 Å². The summed E-state index contributed by atoms with van der Waals surface area (Å²) in [6.07, 6.45) is 6.71. The first-order chi connectivity index (χ1) is 9.13. The molecule has 0 spiro atoms. The van der Waals surface area contributed by atoms with Crippen LogP contribution in [-0.2, 0) is 7.05 Å². The van der Waals surface area contributed by atoms with Gasteiger partial charge < -0.3 is 5.32 Å². The highest BCUT2D eigenvalue weighted by Gasteiger charge is 2.20. The average molecular weight is 323 g/mol. The maximum absolute atomic E-state index is 4.30. The van der Waals surface area contributed by atoms with Crippen LogP contribution in [0.25, 0.3) is 0 Å². The van der Waals surface area contributed by atoms with E-state index in [-0.39, 0.29) is 6.04 Å².